The molecule has 4 aromatic rings. The van der Waals surface area contributed by atoms with Crippen LogP contribution < -0.4 is 15.4 Å². The molecule has 2 aromatic carbocycles. The second-order valence-corrected chi connectivity index (χ2v) is 6.93. The van der Waals surface area contributed by atoms with Gasteiger partial charge in [0.15, 0.2) is 5.76 Å². The highest BCUT2D eigenvalue weighted by Crippen LogP contribution is 2.21. The number of amides is 2. The van der Waals surface area contributed by atoms with Gasteiger partial charge in [0.2, 0.25) is 0 Å². The van der Waals surface area contributed by atoms with Crippen LogP contribution in [0.5, 0.6) is 5.75 Å². The molecule has 2 amide bonds. The standard InChI is InChI=1S/C23H22N4O4/c1-27-18-10-9-15(25-23(29)20-8-5-13-31-20)14-17(18)26-21(27)11-12-24-22(28)16-6-3-4-7-19(16)30-2/h3-10,13-14H,11-12H2,1-2H3,(H,24,28)(H,25,29). The van der Waals surface area contributed by atoms with E-state index in [2.05, 4.69) is 15.6 Å². The van der Waals surface area contributed by atoms with E-state index in [1.165, 1.54) is 13.4 Å². The maximum atomic E-state index is 12.5. The Morgan fingerprint density at radius 2 is 1.94 bits per heavy atom. The van der Waals surface area contributed by atoms with E-state index in [9.17, 15) is 9.59 Å². The number of ether oxygens (including phenoxy) is 1. The number of hydrogen-bond acceptors (Lipinski definition) is 5. The maximum Gasteiger partial charge on any atom is 0.291 e. The minimum atomic E-state index is -0.320. The summed E-state index contributed by atoms with van der Waals surface area (Å²) in [5, 5.41) is 5.71. The van der Waals surface area contributed by atoms with Crippen molar-refractivity contribution in [3.8, 4) is 5.75 Å². The SMILES string of the molecule is COc1ccccc1C(=O)NCCc1nc2cc(NC(=O)c3ccco3)ccc2n1C. The quantitative estimate of drug-likeness (QED) is 0.479. The first-order chi connectivity index (χ1) is 15.1. The number of aryl methyl sites for hydroxylation is 1. The first kappa shape index (κ1) is 20.2. The van der Waals surface area contributed by atoms with Crippen molar-refractivity contribution in [2.24, 2.45) is 7.05 Å². The Morgan fingerprint density at radius 3 is 2.71 bits per heavy atom. The Morgan fingerprint density at radius 1 is 1.10 bits per heavy atom. The number of benzene rings is 2. The Bertz CT molecular complexity index is 1230. The predicted octanol–water partition coefficient (Wildman–Crippen LogP) is 3.40. The lowest BCUT2D eigenvalue weighted by Gasteiger charge is -2.09. The highest BCUT2D eigenvalue weighted by Gasteiger charge is 2.14. The molecule has 0 atom stereocenters. The molecule has 2 aromatic heterocycles. The summed E-state index contributed by atoms with van der Waals surface area (Å²) in [7, 11) is 3.46. The summed E-state index contributed by atoms with van der Waals surface area (Å²) >= 11 is 0. The summed E-state index contributed by atoms with van der Waals surface area (Å²) in [6, 6.07) is 15.9. The van der Waals surface area contributed by atoms with E-state index >= 15 is 0 Å². The maximum absolute atomic E-state index is 12.5. The van der Waals surface area contributed by atoms with Gasteiger partial charge >= 0.3 is 0 Å². The molecule has 8 heteroatoms. The van der Waals surface area contributed by atoms with Gasteiger partial charge in [-0.3, -0.25) is 9.59 Å². The van der Waals surface area contributed by atoms with Gasteiger partial charge in [-0.25, -0.2) is 4.98 Å². The van der Waals surface area contributed by atoms with Crippen LogP contribution in [0.2, 0.25) is 0 Å². The van der Waals surface area contributed by atoms with Crippen molar-refractivity contribution in [3.63, 3.8) is 0 Å². The molecule has 158 valence electrons. The zero-order chi connectivity index (χ0) is 21.8. The molecule has 0 aliphatic carbocycles. The van der Waals surface area contributed by atoms with E-state index in [0.29, 0.717) is 30.0 Å². The lowest BCUT2D eigenvalue weighted by molar-refractivity contribution is 0.0949. The first-order valence-corrected chi connectivity index (χ1v) is 9.78. The summed E-state index contributed by atoms with van der Waals surface area (Å²) in [6.45, 7) is 0.427. The van der Waals surface area contributed by atoms with E-state index in [1.54, 1.807) is 30.3 Å². The number of methoxy groups -OCH3 is 1. The third kappa shape index (κ3) is 4.28. The van der Waals surface area contributed by atoms with Gasteiger partial charge in [0.1, 0.15) is 11.6 Å². The number of imidazole rings is 1. The van der Waals surface area contributed by atoms with Crippen molar-refractivity contribution in [2.75, 3.05) is 19.0 Å². The van der Waals surface area contributed by atoms with Crippen molar-refractivity contribution in [1.82, 2.24) is 14.9 Å². The fourth-order valence-electron chi connectivity index (χ4n) is 3.37. The zero-order valence-corrected chi connectivity index (χ0v) is 17.2. The van der Waals surface area contributed by atoms with E-state index in [4.69, 9.17) is 9.15 Å². The molecule has 2 N–H and O–H groups in total. The molecule has 31 heavy (non-hydrogen) atoms. The van der Waals surface area contributed by atoms with Gasteiger partial charge in [0.25, 0.3) is 11.8 Å². The zero-order valence-electron chi connectivity index (χ0n) is 17.2. The molecule has 4 rings (SSSR count). The number of fused-ring (bicyclic) bond motifs is 1. The highest BCUT2D eigenvalue weighted by atomic mass is 16.5. The van der Waals surface area contributed by atoms with Crippen LogP contribution in [-0.2, 0) is 13.5 Å². The van der Waals surface area contributed by atoms with E-state index in [0.717, 1.165) is 16.9 Å². The Balaban J connectivity index is 1.43. The average molecular weight is 418 g/mol. The minimum absolute atomic E-state index is 0.195. The summed E-state index contributed by atoms with van der Waals surface area (Å²) in [5.74, 6) is 1.09. The van der Waals surface area contributed by atoms with Gasteiger partial charge in [-0.1, -0.05) is 12.1 Å². The van der Waals surface area contributed by atoms with Crippen molar-refractivity contribution in [2.45, 2.75) is 6.42 Å². The molecule has 0 aliphatic heterocycles. The molecule has 2 heterocycles. The number of rotatable bonds is 7. The summed E-state index contributed by atoms with van der Waals surface area (Å²) < 4.78 is 12.3. The van der Waals surface area contributed by atoms with Crippen LogP contribution in [0.25, 0.3) is 11.0 Å². The molecular weight excluding hydrogens is 396 g/mol. The number of hydrogen-bond donors (Lipinski definition) is 2. The van der Waals surface area contributed by atoms with Crippen LogP contribution >= 0.6 is 0 Å². The fraction of sp³-hybridized carbons (Fsp3) is 0.174. The molecule has 0 unspecified atom stereocenters. The summed E-state index contributed by atoms with van der Waals surface area (Å²) in [6.07, 6.45) is 2.01. The number of para-hydroxylation sites is 1. The van der Waals surface area contributed by atoms with Gasteiger partial charge in [-0.2, -0.15) is 0 Å². The van der Waals surface area contributed by atoms with E-state index in [-0.39, 0.29) is 17.6 Å². The second-order valence-electron chi connectivity index (χ2n) is 6.93. The number of nitrogens with one attached hydrogen (secondary N) is 2. The molecular formula is C23H22N4O4. The number of aromatic nitrogens is 2. The van der Waals surface area contributed by atoms with Gasteiger partial charge in [0, 0.05) is 25.7 Å². The Labute approximate surface area is 178 Å². The van der Waals surface area contributed by atoms with E-state index in [1.807, 2.05) is 35.9 Å². The van der Waals surface area contributed by atoms with Gasteiger partial charge in [0.05, 0.1) is 30.0 Å². The third-order valence-electron chi connectivity index (χ3n) is 4.96. The number of carbonyl (C=O) groups excluding carboxylic acids is 2. The topological polar surface area (TPSA) is 98.4 Å². The van der Waals surface area contributed by atoms with Crippen molar-refractivity contribution >= 4 is 28.5 Å². The largest absolute Gasteiger partial charge is 0.496 e. The minimum Gasteiger partial charge on any atom is -0.496 e. The molecule has 8 nitrogen and oxygen atoms in total. The van der Waals surface area contributed by atoms with Gasteiger partial charge in [-0.15, -0.1) is 0 Å². The molecule has 0 fully saturated rings. The van der Waals surface area contributed by atoms with Crippen LogP contribution in [0.1, 0.15) is 26.7 Å². The number of nitrogens with zero attached hydrogens (tertiary/aromatic N) is 2. The van der Waals surface area contributed by atoms with Gasteiger partial charge in [-0.05, 0) is 42.5 Å². The fourth-order valence-corrected chi connectivity index (χ4v) is 3.37. The molecule has 0 saturated carbocycles. The average Bonchev–Trinajstić information content (AvgIpc) is 3.42. The third-order valence-corrected chi connectivity index (χ3v) is 4.96. The van der Waals surface area contributed by atoms with Crippen LogP contribution in [-0.4, -0.2) is 35.0 Å². The van der Waals surface area contributed by atoms with Crippen molar-refractivity contribution < 1.29 is 18.7 Å². The Kier molecular flexibility index (Phi) is 5.70. The summed E-state index contributed by atoms with van der Waals surface area (Å²) in [4.78, 5) is 29.3. The van der Waals surface area contributed by atoms with Crippen LogP contribution in [0, 0.1) is 0 Å². The monoisotopic (exact) mass is 418 g/mol. The predicted molar refractivity (Wildman–Crippen MR) is 116 cm³/mol. The van der Waals surface area contributed by atoms with Crippen molar-refractivity contribution in [1.29, 1.82) is 0 Å². The lowest BCUT2D eigenvalue weighted by Crippen LogP contribution is -2.26. The van der Waals surface area contributed by atoms with Crippen LogP contribution in [0.4, 0.5) is 5.69 Å². The molecule has 0 saturated heterocycles. The van der Waals surface area contributed by atoms with E-state index < -0.39 is 0 Å². The second kappa shape index (κ2) is 8.74. The molecule has 0 spiro atoms. The number of carbonyl (C=O) groups is 2. The lowest BCUT2D eigenvalue weighted by atomic mass is 10.2. The molecule has 0 aliphatic rings. The molecule has 0 bridgehead atoms. The smallest absolute Gasteiger partial charge is 0.291 e. The number of anilines is 1. The highest BCUT2D eigenvalue weighted by molar-refractivity contribution is 6.03. The first-order valence-electron chi connectivity index (χ1n) is 9.78. The van der Waals surface area contributed by atoms with Crippen molar-refractivity contribution in [3.05, 3.63) is 78.0 Å². The van der Waals surface area contributed by atoms with Crippen LogP contribution in [0.3, 0.4) is 0 Å². The number of furan rings is 1. The Hall–Kier alpha value is -4.07. The summed E-state index contributed by atoms with van der Waals surface area (Å²) in [5.41, 5.74) is 2.81. The normalized spacial score (nSPS) is 10.8. The van der Waals surface area contributed by atoms with Gasteiger partial charge < -0.3 is 24.4 Å². The molecule has 0 radical (unpaired) electrons. The van der Waals surface area contributed by atoms with Crippen LogP contribution in [0.15, 0.2) is 65.3 Å².